The first kappa shape index (κ1) is 23.8. The Morgan fingerprint density at radius 3 is 2.65 bits per heavy atom. The highest BCUT2D eigenvalue weighted by Crippen LogP contribution is 2.42. The molecule has 0 bridgehead atoms. The van der Waals surface area contributed by atoms with Crippen LogP contribution in [0.4, 0.5) is 14.5 Å². The summed E-state index contributed by atoms with van der Waals surface area (Å²) >= 11 is 7.03. The van der Waals surface area contributed by atoms with Crippen LogP contribution in [0.5, 0.6) is 0 Å². The van der Waals surface area contributed by atoms with Gasteiger partial charge in [0, 0.05) is 10.9 Å². The molecule has 0 aliphatic rings. The van der Waals surface area contributed by atoms with Crippen LogP contribution < -0.4 is 11.1 Å². The van der Waals surface area contributed by atoms with Gasteiger partial charge in [-0.1, -0.05) is 18.5 Å². The summed E-state index contributed by atoms with van der Waals surface area (Å²) in [5.74, 6) is -1.54. The van der Waals surface area contributed by atoms with Crippen LogP contribution in [0.25, 0.3) is 21.5 Å². The largest absolute Gasteiger partial charge is 0.464 e. The zero-order valence-electron chi connectivity index (χ0n) is 18.4. The zero-order chi connectivity index (χ0) is 24.7. The number of rotatable bonds is 7. The second kappa shape index (κ2) is 9.15. The Morgan fingerprint density at radius 1 is 1.35 bits per heavy atom. The Morgan fingerprint density at radius 2 is 2.09 bits per heavy atom. The van der Waals surface area contributed by atoms with E-state index in [-0.39, 0.29) is 33.3 Å². The quantitative estimate of drug-likeness (QED) is 0.350. The van der Waals surface area contributed by atoms with E-state index >= 15 is 0 Å². The van der Waals surface area contributed by atoms with Gasteiger partial charge in [0.25, 0.3) is 12.3 Å². The van der Waals surface area contributed by atoms with Crippen LogP contribution in [0.3, 0.4) is 0 Å². The molecule has 4 heterocycles. The van der Waals surface area contributed by atoms with E-state index in [0.29, 0.717) is 16.1 Å². The number of aryl methyl sites for hydroxylation is 1. The summed E-state index contributed by atoms with van der Waals surface area (Å²) in [7, 11) is 0. The van der Waals surface area contributed by atoms with Crippen molar-refractivity contribution in [3.8, 4) is 11.3 Å². The lowest BCUT2D eigenvalue weighted by molar-refractivity contribution is -0.119. The number of hydrogen-bond donors (Lipinski definition) is 2. The average molecular weight is 508 g/mol. The van der Waals surface area contributed by atoms with E-state index in [1.807, 2.05) is 0 Å². The molecule has 0 radical (unpaired) electrons. The van der Waals surface area contributed by atoms with Gasteiger partial charge >= 0.3 is 0 Å². The van der Waals surface area contributed by atoms with Crippen molar-refractivity contribution in [2.75, 3.05) is 5.32 Å². The lowest BCUT2D eigenvalue weighted by atomic mass is 10.1. The molecular weight excluding hydrogens is 488 g/mol. The van der Waals surface area contributed by atoms with E-state index in [4.69, 9.17) is 21.8 Å². The summed E-state index contributed by atoms with van der Waals surface area (Å²) in [5, 5.41) is 7.92. The number of anilines is 1. The maximum atomic E-state index is 13.5. The first-order chi connectivity index (χ1) is 16.1. The highest BCUT2D eigenvalue weighted by atomic mass is 35.5. The monoisotopic (exact) mass is 507 g/mol. The standard InChI is InChI=1S/C22H20ClF2N5O3S/c1-9(8-30-11(3)16(23)10(2)29-30)21(32)28-17-15-12(14-5-4-6-33-14)7-13(19(24)25)27-22(15)34-18(17)20(26)31/h4-7,9,19H,8H2,1-3H3,(H2,26,31)(H,28,32). The molecule has 4 rings (SSSR count). The van der Waals surface area contributed by atoms with Crippen LogP contribution in [0.15, 0.2) is 28.9 Å². The number of amides is 2. The molecule has 8 nitrogen and oxygen atoms in total. The van der Waals surface area contributed by atoms with E-state index in [1.54, 1.807) is 37.6 Å². The van der Waals surface area contributed by atoms with Crippen molar-refractivity contribution < 1.29 is 22.8 Å². The molecule has 0 fully saturated rings. The predicted octanol–water partition coefficient (Wildman–Crippen LogP) is 5.33. The van der Waals surface area contributed by atoms with Gasteiger partial charge in [0.15, 0.2) is 0 Å². The van der Waals surface area contributed by atoms with Crippen molar-refractivity contribution in [1.82, 2.24) is 14.8 Å². The van der Waals surface area contributed by atoms with Crippen molar-refractivity contribution in [1.29, 1.82) is 0 Å². The van der Waals surface area contributed by atoms with Gasteiger partial charge in [0.05, 0.1) is 40.8 Å². The Bertz CT molecular complexity index is 1400. The first-order valence-electron chi connectivity index (χ1n) is 10.2. The number of aromatic nitrogens is 3. The van der Waals surface area contributed by atoms with Gasteiger partial charge < -0.3 is 15.5 Å². The molecule has 12 heteroatoms. The summed E-state index contributed by atoms with van der Waals surface area (Å²) in [6.45, 7) is 5.49. The Labute approximate surface area is 201 Å². The maximum absolute atomic E-state index is 13.5. The Hall–Kier alpha value is -3.31. The van der Waals surface area contributed by atoms with Gasteiger partial charge in [-0.2, -0.15) is 5.10 Å². The lowest BCUT2D eigenvalue weighted by Gasteiger charge is -2.15. The summed E-state index contributed by atoms with van der Waals surface area (Å²) < 4.78 is 34.1. The fourth-order valence-corrected chi connectivity index (χ4v) is 4.74. The summed E-state index contributed by atoms with van der Waals surface area (Å²) in [6.07, 6.45) is -1.45. The van der Waals surface area contributed by atoms with Crippen LogP contribution in [0.1, 0.15) is 40.1 Å². The van der Waals surface area contributed by atoms with Gasteiger partial charge in [-0.05, 0) is 32.0 Å². The molecule has 2 amide bonds. The molecule has 0 aliphatic heterocycles. The van der Waals surface area contributed by atoms with E-state index in [0.717, 1.165) is 17.0 Å². The molecule has 0 aromatic carbocycles. The highest BCUT2D eigenvalue weighted by Gasteiger charge is 2.27. The number of nitrogens with one attached hydrogen (secondary N) is 1. The number of thiophene rings is 1. The molecule has 4 aromatic heterocycles. The van der Waals surface area contributed by atoms with E-state index in [9.17, 15) is 18.4 Å². The Balaban J connectivity index is 1.78. The van der Waals surface area contributed by atoms with E-state index in [1.165, 1.54) is 12.3 Å². The number of furan rings is 1. The first-order valence-corrected chi connectivity index (χ1v) is 11.4. The Kier molecular flexibility index (Phi) is 6.41. The molecule has 0 saturated carbocycles. The molecule has 4 aromatic rings. The molecular formula is C22H20ClF2N5O3S. The third kappa shape index (κ3) is 4.28. The molecule has 0 aliphatic carbocycles. The van der Waals surface area contributed by atoms with E-state index < -0.39 is 29.9 Å². The number of hydrogen-bond acceptors (Lipinski definition) is 6. The van der Waals surface area contributed by atoms with Crippen molar-refractivity contribution in [3.63, 3.8) is 0 Å². The molecule has 0 saturated heterocycles. The number of nitrogens with zero attached hydrogens (tertiary/aromatic N) is 3. The third-order valence-corrected chi connectivity index (χ3v) is 7.00. The van der Waals surface area contributed by atoms with Crippen molar-refractivity contribution in [2.24, 2.45) is 11.7 Å². The third-order valence-electron chi connectivity index (χ3n) is 5.35. The smallest absolute Gasteiger partial charge is 0.280 e. The topological polar surface area (TPSA) is 116 Å². The predicted molar refractivity (Wildman–Crippen MR) is 125 cm³/mol. The molecule has 3 N–H and O–H groups in total. The lowest BCUT2D eigenvalue weighted by Crippen LogP contribution is -2.26. The van der Waals surface area contributed by atoms with Gasteiger partial charge in [-0.3, -0.25) is 14.3 Å². The minimum atomic E-state index is -2.84. The van der Waals surface area contributed by atoms with Crippen LogP contribution >= 0.6 is 22.9 Å². The highest BCUT2D eigenvalue weighted by molar-refractivity contribution is 7.21. The van der Waals surface area contributed by atoms with Crippen LogP contribution in [-0.2, 0) is 11.3 Å². The van der Waals surface area contributed by atoms with Gasteiger partial charge in [-0.15, -0.1) is 11.3 Å². The normalized spacial score (nSPS) is 12.4. The van der Waals surface area contributed by atoms with Crippen LogP contribution in [-0.4, -0.2) is 26.6 Å². The maximum Gasteiger partial charge on any atom is 0.280 e. The summed E-state index contributed by atoms with van der Waals surface area (Å²) in [4.78, 5) is 29.4. The number of nitrogens with two attached hydrogens (primary N) is 1. The van der Waals surface area contributed by atoms with E-state index in [2.05, 4.69) is 15.4 Å². The fourth-order valence-electron chi connectivity index (χ4n) is 3.59. The van der Waals surface area contributed by atoms with Crippen molar-refractivity contribution in [3.05, 3.63) is 51.4 Å². The number of halogens is 3. The summed E-state index contributed by atoms with van der Waals surface area (Å²) in [6, 6.07) is 4.37. The second-order valence-electron chi connectivity index (χ2n) is 7.78. The fraction of sp³-hybridized carbons (Fsp3) is 0.273. The number of pyridine rings is 1. The number of carbonyl (C=O) groups excluding carboxylic acids is 2. The number of alkyl halides is 2. The van der Waals surface area contributed by atoms with Crippen molar-refractivity contribution >= 4 is 50.7 Å². The number of carbonyl (C=O) groups is 2. The molecule has 1 atom stereocenters. The molecule has 178 valence electrons. The minimum Gasteiger partial charge on any atom is -0.464 e. The number of fused-ring (bicyclic) bond motifs is 1. The van der Waals surface area contributed by atoms with Gasteiger partial charge in [0.1, 0.15) is 21.2 Å². The van der Waals surface area contributed by atoms with Gasteiger partial charge in [-0.25, -0.2) is 13.8 Å². The molecule has 1 unspecified atom stereocenters. The van der Waals surface area contributed by atoms with Gasteiger partial charge in [0.2, 0.25) is 5.91 Å². The average Bonchev–Trinajstić information content (AvgIpc) is 3.50. The second-order valence-corrected chi connectivity index (χ2v) is 9.16. The molecule has 34 heavy (non-hydrogen) atoms. The van der Waals surface area contributed by atoms with Crippen LogP contribution in [0.2, 0.25) is 5.02 Å². The van der Waals surface area contributed by atoms with Crippen LogP contribution in [0, 0.1) is 19.8 Å². The van der Waals surface area contributed by atoms with Crippen molar-refractivity contribution in [2.45, 2.75) is 33.7 Å². The minimum absolute atomic E-state index is 0.00330. The SMILES string of the molecule is Cc1nn(CC(C)C(=O)Nc2c(C(N)=O)sc3nc(C(F)F)cc(-c4ccco4)c23)c(C)c1Cl. The molecule has 0 spiro atoms. The number of primary amides is 1. The summed E-state index contributed by atoms with van der Waals surface area (Å²) in [5.41, 5.74) is 6.81. The zero-order valence-corrected chi connectivity index (χ0v) is 19.9.